The number of para-hydroxylation sites is 1. The summed E-state index contributed by atoms with van der Waals surface area (Å²) in [5.74, 6) is -0.219. The second-order valence-electron chi connectivity index (χ2n) is 5.50. The van der Waals surface area contributed by atoms with Crippen LogP contribution in [0.5, 0.6) is 0 Å². The molecule has 0 aliphatic rings. The van der Waals surface area contributed by atoms with Crippen LogP contribution in [0.15, 0.2) is 54.6 Å². The molecule has 0 fully saturated rings. The topological polar surface area (TPSA) is 61.4 Å². The molecule has 5 heteroatoms. The van der Waals surface area contributed by atoms with Gasteiger partial charge in [0, 0.05) is 43.5 Å². The molecule has 126 valence electrons. The molecule has 0 aliphatic heterocycles. The Morgan fingerprint density at radius 3 is 2.50 bits per heavy atom. The SMILES string of the molecule is CCNC(=O)c1cccc(NC(=O)CCN(C)c2ccccc2)c1. The molecular weight excluding hydrogens is 302 g/mol. The number of nitrogens with one attached hydrogen (secondary N) is 2. The molecule has 0 saturated heterocycles. The number of rotatable bonds is 7. The van der Waals surface area contributed by atoms with Crippen LogP contribution >= 0.6 is 0 Å². The van der Waals surface area contributed by atoms with Crippen LogP contribution in [0.3, 0.4) is 0 Å². The number of benzene rings is 2. The minimum atomic E-state index is -0.141. The summed E-state index contributed by atoms with van der Waals surface area (Å²) in [6.45, 7) is 3.06. The highest BCUT2D eigenvalue weighted by molar-refractivity contribution is 5.97. The van der Waals surface area contributed by atoms with E-state index in [1.165, 1.54) is 0 Å². The van der Waals surface area contributed by atoms with Crippen molar-refractivity contribution >= 4 is 23.2 Å². The van der Waals surface area contributed by atoms with Crippen LogP contribution in [-0.2, 0) is 4.79 Å². The molecule has 5 nitrogen and oxygen atoms in total. The molecule has 0 aliphatic carbocycles. The Balaban J connectivity index is 1.88. The average Bonchev–Trinajstić information content (AvgIpc) is 2.61. The highest BCUT2D eigenvalue weighted by atomic mass is 16.2. The molecular formula is C19H23N3O2. The van der Waals surface area contributed by atoms with E-state index in [-0.39, 0.29) is 11.8 Å². The van der Waals surface area contributed by atoms with Gasteiger partial charge < -0.3 is 15.5 Å². The second-order valence-corrected chi connectivity index (χ2v) is 5.50. The molecule has 2 aromatic rings. The van der Waals surface area contributed by atoms with Crippen LogP contribution in [0.4, 0.5) is 11.4 Å². The Morgan fingerprint density at radius 1 is 1.04 bits per heavy atom. The average molecular weight is 325 g/mol. The number of nitrogens with zero attached hydrogens (tertiary/aromatic N) is 1. The van der Waals surface area contributed by atoms with Crippen molar-refractivity contribution in [2.24, 2.45) is 0 Å². The number of anilines is 2. The van der Waals surface area contributed by atoms with E-state index in [4.69, 9.17) is 0 Å². The molecule has 0 heterocycles. The van der Waals surface area contributed by atoms with Crippen LogP contribution in [0, 0.1) is 0 Å². The van der Waals surface area contributed by atoms with E-state index in [0.29, 0.717) is 30.8 Å². The summed E-state index contributed by atoms with van der Waals surface area (Å²) in [5, 5.41) is 5.58. The maximum absolute atomic E-state index is 12.1. The van der Waals surface area contributed by atoms with E-state index in [1.54, 1.807) is 24.3 Å². The zero-order valence-corrected chi connectivity index (χ0v) is 14.1. The van der Waals surface area contributed by atoms with Crippen molar-refractivity contribution in [2.75, 3.05) is 30.4 Å². The highest BCUT2D eigenvalue weighted by Gasteiger charge is 2.08. The van der Waals surface area contributed by atoms with Gasteiger partial charge in [-0.2, -0.15) is 0 Å². The molecule has 0 saturated carbocycles. The summed E-state index contributed by atoms with van der Waals surface area (Å²) in [5.41, 5.74) is 2.24. The maximum atomic E-state index is 12.1. The largest absolute Gasteiger partial charge is 0.374 e. The number of carbonyl (C=O) groups is 2. The van der Waals surface area contributed by atoms with Gasteiger partial charge in [0.25, 0.3) is 5.91 Å². The van der Waals surface area contributed by atoms with E-state index >= 15 is 0 Å². The van der Waals surface area contributed by atoms with Gasteiger partial charge in [-0.25, -0.2) is 0 Å². The van der Waals surface area contributed by atoms with Crippen molar-refractivity contribution in [1.82, 2.24) is 5.32 Å². The number of hydrogen-bond donors (Lipinski definition) is 2. The van der Waals surface area contributed by atoms with Crippen LogP contribution in [0.2, 0.25) is 0 Å². The summed E-state index contributed by atoms with van der Waals surface area (Å²) in [6, 6.07) is 16.9. The molecule has 2 amide bonds. The lowest BCUT2D eigenvalue weighted by Gasteiger charge is -2.18. The molecule has 2 N–H and O–H groups in total. The summed E-state index contributed by atoms with van der Waals surface area (Å²) in [6.07, 6.45) is 0.372. The number of hydrogen-bond acceptors (Lipinski definition) is 3. The molecule has 2 rings (SSSR count). The van der Waals surface area contributed by atoms with Gasteiger partial charge in [-0.3, -0.25) is 9.59 Å². The lowest BCUT2D eigenvalue weighted by atomic mass is 10.2. The molecule has 2 aromatic carbocycles. The predicted molar refractivity (Wildman–Crippen MR) is 97.4 cm³/mol. The van der Waals surface area contributed by atoms with Crippen LogP contribution in [0.25, 0.3) is 0 Å². The minimum absolute atomic E-state index is 0.0779. The smallest absolute Gasteiger partial charge is 0.251 e. The first kappa shape index (κ1) is 17.5. The molecule has 0 unspecified atom stereocenters. The number of carbonyl (C=O) groups excluding carboxylic acids is 2. The Kier molecular flexibility index (Phi) is 6.37. The van der Waals surface area contributed by atoms with Gasteiger partial charge in [0.05, 0.1) is 0 Å². The van der Waals surface area contributed by atoms with Gasteiger partial charge in [0.1, 0.15) is 0 Å². The van der Waals surface area contributed by atoms with E-state index in [0.717, 1.165) is 5.69 Å². The van der Waals surface area contributed by atoms with Crippen molar-refractivity contribution < 1.29 is 9.59 Å². The third-order valence-corrected chi connectivity index (χ3v) is 3.62. The first-order valence-electron chi connectivity index (χ1n) is 8.04. The van der Waals surface area contributed by atoms with Crippen molar-refractivity contribution in [1.29, 1.82) is 0 Å². The monoisotopic (exact) mass is 325 g/mol. The third kappa shape index (κ3) is 5.12. The lowest BCUT2D eigenvalue weighted by molar-refractivity contribution is -0.116. The minimum Gasteiger partial charge on any atom is -0.374 e. The third-order valence-electron chi connectivity index (χ3n) is 3.62. The van der Waals surface area contributed by atoms with E-state index < -0.39 is 0 Å². The maximum Gasteiger partial charge on any atom is 0.251 e. The van der Waals surface area contributed by atoms with Gasteiger partial charge in [0.15, 0.2) is 0 Å². The zero-order valence-electron chi connectivity index (χ0n) is 14.1. The molecule has 0 bridgehead atoms. The first-order valence-corrected chi connectivity index (χ1v) is 8.04. The molecule has 24 heavy (non-hydrogen) atoms. The lowest BCUT2D eigenvalue weighted by Crippen LogP contribution is -2.24. The van der Waals surface area contributed by atoms with E-state index in [9.17, 15) is 9.59 Å². The van der Waals surface area contributed by atoms with Crippen LogP contribution < -0.4 is 15.5 Å². The van der Waals surface area contributed by atoms with Gasteiger partial charge >= 0.3 is 0 Å². The van der Waals surface area contributed by atoms with Crippen LogP contribution in [-0.4, -0.2) is 32.0 Å². The molecule has 0 radical (unpaired) electrons. The van der Waals surface area contributed by atoms with E-state index in [2.05, 4.69) is 10.6 Å². The summed E-state index contributed by atoms with van der Waals surface area (Å²) >= 11 is 0. The fourth-order valence-electron chi connectivity index (χ4n) is 2.31. The normalized spacial score (nSPS) is 10.1. The van der Waals surface area contributed by atoms with E-state index in [1.807, 2.05) is 49.2 Å². The van der Waals surface area contributed by atoms with Gasteiger partial charge in [0.2, 0.25) is 5.91 Å². The Hall–Kier alpha value is -2.82. The fraction of sp³-hybridized carbons (Fsp3) is 0.263. The second kappa shape index (κ2) is 8.72. The van der Waals surface area contributed by atoms with Crippen molar-refractivity contribution in [2.45, 2.75) is 13.3 Å². The summed E-state index contributed by atoms with van der Waals surface area (Å²) < 4.78 is 0. The van der Waals surface area contributed by atoms with Crippen molar-refractivity contribution in [3.8, 4) is 0 Å². The summed E-state index contributed by atoms with van der Waals surface area (Å²) in [4.78, 5) is 26.0. The number of amides is 2. The summed E-state index contributed by atoms with van der Waals surface area (Å²) in [7, 11) is 1.96. The van der Waals surface area contributed by atoms with Crippen molar-refractivity contribution in [3.05, 3.63) is 60.2 Å². The fourth-order valence-corrected chi connectivity index (χ4v) is 2.31. The molecule has 0 aromatic heterocycles. The van der Waals surface area contributed by atoms with Crippen LogP contribution in [0.1, 0.15) is 23.7 Å². The zero-order chi connectivity index (χ0) is 17.4. The Morgan fingerprint density at radius 2 is 1.79 bits per heavy atom. The standard InChI is InChI=1S/C19H23N3O2/c1-3-20-19(24)15-8-7-9-16(14-15)21-18(23)12-13-22(2)17-10-5-4-6-11-17/h4-11,14H,3,12-13H2,1-2H3,(H,20,24)(H,21,23). The van der Waals surface area contributed by atoms with Gasteiger partial charge in [-0.1, -0.05) is 24.3 Å². The Labute approximate surface area is 142 Å². The van der Waals surface area contributed by atoms with Gasteiger partial charge in [-0.05, 0) is 37.3 Å². The predicted octanol–water partition coefficient (Wildman–Crippen LogP) is 2.90. The quantitative estimate of drug-likeness (QED) is 0.823. The Bertz CT molecular complexity index is 686. The van der Waals surface area contributed by atoms with Gasteiger partial charge in [-0.15, -0.1) is 0 Å². The molecule has 0 atom stereocenters. The molecule has 0 spiro atoms. The first-order chi connectivity index (χ1) is 11.6. The van der Waals surface area contributed by atoms with Crippen molar-refractivity contribution in [3.63, 3.8) is 0 Å². The highest BCUT2D eigenvalue weighted by Crippen LogP contribution is 2.13.